The quantitative estimate of drug-likeness (QED) is 0.554. The first-order chi connectivity index (χ1) is 13.6. The third-order valence-electron chi connectivity index (χ3n) is 4.70. The minimum atomic E-state index is -0.139. The monoisotopic (exact) mass is 460 g/mol. The van der Waals surface area contributed by atoms with Gasteiger partial charge in [0.25, 0.3) is 0 Å². The summed E-state index contributed by atoms with van der Waals surface area (Å²) in [5.41, 5.74) is 1.61. The molecule has 1 aliphatic heterocycles. The maximum Gasteiger partial charge on any atom is 0.321 e. The third-order valence-corrected chi connectivity index (χ3v) is 5.48. The van der Waals surface area contributed by atoms with Gasteiger partial charge in [-0.1, -0.05) is 32.7 Å². The maximum absolute atomic E-state index is 12.6. The van der Waals surface area contributed by atoms with Crippen molar-refractivity contribution in [3.05, 3.63) is 63.9 Å². The summed E-state index contributed by atoms with van der Waals surface area (Å²) >= 11 is 9.31. The van der Waals surface area contributed by atoms with Crippen molar-refractivity contribution in [1.29, 1.82) is 0 Å². The Morgan fingerprint density at radius 3 is 2.68 bits per heavy atom. The molecule has 0 aliphatic carbocycles. The number of amides is 2. The summed E-state index contributed by atoms with van der Waals surface area (Å²) in [5, 5.41) is 7.64. The zero-order valence-electron chi connectivity index (χ0n) is 14.9. The van der Waals surface area contributed by atoms with Crippen LogP contribution in [0.5, 0.6) is 0 Å². The lowest BCUT2D eigenvalue weighted by molar-refractivity contribution is 0.184. The molecule has 1 fully saturated rings. The van der Waals surface area contributed by atoms with Crippen molar-refractivity contribution >= 4 is 39.2 Å². The van der Waals surface area contributed by atoms with Crippen molar-refractivity contribution in [1.82, 2.24) is 15.0 Å². The molecule has 0 bridgehead atoms. The second-order valence-corrected chi connectivity index (χ2v) is 8.04. The van der Waals surface area contributed by atoms with Crippen LogP contribution in [0.4, 0.5) is 10.5 Å². The van der Waals surface area contributed by atoms with Crippen LogP contribution in [-0.4, -0.2) is 34.2 Å². The van der Waals surface area contributed by atoms with Crippen LogP contribution in [0.2, 0.25) is 5.02 Å². The highest BCUT2D eigenvalue weighted by atomic mass is 79.9. The van der Waals surface area contributed by atoms with Gasteiger partial charge in [0.05, 0.1) is 5.92 Å². The summed E-state index contributed by atoms with van der Waals surface area (Å²) in [7, 11) is 0. The first-order valence-corrected chi connectivity index (χ1v) is 10.2. The van der Waals surface area contributed by atoms with E-state index in [-0.39, 0.29) is 11.9 Å². The topological polar surface area (TPSA) is 71.3 Å². The number of halogens is 2. The second-order valence-electron chi connectivity index (χ2n) is 6.69. The van der Waals surface area contributed by atoms with Gasteiger partial charge in [0.1, 0.15) is 0 Å². The molecule has 0 saturated carbocycles. The van der Waals surface area contributed by atoms with Crippen molar-refractivity contribution in [3.8, 4) is 11.4 Å². The van der Waals surface area contributed by atoms with E-state index in [0.717, 1.165) is 22.9 Å². The average molecular weight is 462 g/mol. The molecule has 1 atom stereocenters. The lowest BCUT2D eigenvalue weighted by Gasteiger charge is -2.31. The van der Waals surface area contributed by atoms with Gasteiger partial charge in [-0.05, 0) is 61.4 Å². The molecule has 144 valence electrons. The molecule has 2 aromatic carbocycles. The van der Waals surface area contributed by atoms with Crippen LogP contribution >= 0.6 is 27.5 Å². The standard InChI is InChI=1S/C20H18BrClN4O2/c21-15-5-3-13(4-6-15)18-24-19(28-25-18)14-2-1-11-26(12-14)20(27)23-17-9-7-16(22)8-10-17/h3-10,14H,1-2,11-12H2,(H,23,27). The fourth-order valence-corrected chi connectivity index (χ4v) is 3.61. The van der Waals surface area contributed by atoms with Crippen molar-refractivity contribution in [2.45, 2.75) is 18.8 Å². The van der Waals surface area contributed by atoms with Gasteiger partial charge in [-0.2, -0.15) is 4.98 Å². The largest absolute Gasteiger partial charge is 0.339 e. The Kier molecular flexibility index (Phi) is 5.64. The predicted molar refractivity (Wildman–Crippen MR) is 111 cm³/mol. The molecular formula is C20H18BrClN4O2. The Morgan fingerprint density at radius 2 is 1.93 bits per heavy atom. The highest BCUT2D eigenvalue weighted by Crippen LogP contribution is 2.28. The summed E-state index contributed by atoms with van der Waals surface area (Å²) < 4.78 is 6.50. The Balaban J connectivity index is 1.43. The van der Waals surface area contributed by atoms with Crippen LogP contribution < -0.4 is 5.32 Å². The van der Waals surface area contributed by atoms with Gasteiger partial charge in [-0.3, -0.25) is 0 Å². The molecule has 1 aliphatic rings. The number of hydrogen-bond acceptors (Lipinski definition) is 4. The van der Waals surface area contributed by atoms with E-state index in [9.17, 15) is 4.79 Å². The molecule has 1 saturated heterocycles. The minimum absolute atomic E-state index is 0.0291. The maximum atomic E-state index is 12.6. The molecule has 28 heavy (non-hydrogen) atoms. The fraction of sp³-hybridized carbons (Fsp3) is 0.250. The molecule has 0 radical (unpaired) electrons. The number of likely N-dealkylation sites (tertiary alicyclic amines) is 1. The Bertz CT molecular complexity index is 959. The number of carbonyl (C=O) groups excluding carboxylic acids is 1. The number of rotatable bonds is 3. The van der Waals surface area contributed by atoms with E-state index in [0.29, 0.717) is 35.5 Å². The molecule has 1 unspecified atom stereocenters. The number of urea groups is 1. The minimum Gasteiger partial charge on any atom is -0.339 e. The Labute approximate surface area is 176 Å². The average Bonchev–Trinajstić information content (AvgIpc) is 3.21. The van der Waals surface area contributed by atoms with Crippen LogP contribution in [0.15, 0.2) is 57.5 Å². The molecule has 8 heteroatoms. The van der Waals surface area contributed by atoms with E-state index < -0.39 is 0 Å². The molecular weight excluding hydrogens is 444 g/mol. The predicted octanol–water partition coefficient (Wildman–Crippen LogP) is 5.56. The summed E-state index contributed by atoms with van der Waals surface area (Å²) in [6.45, 7) is 1.24. The number of piperidine rings is 1. The van der Waals surface area contributed by atoms with Crippen molar-refractivity contribution in [2.24, 2.45) is 0 Å². The van der Waals surface area contributed by atoms with Gasteiger partial charge in [0.15, 0.2) is 0 Å². The summed E-state index contributed by atoms with van der Waals surface area (Å²) in [6, 6.07) is 14.7. The lowest BCUT2D eigenvalue weighted by Crippen LogP contribution is -2.41. The molecule has 4 rings (SSSR count). The normalized spacial score (nSPS) is 16.8. The fourth-order valence-electron chi connectivity index (χ4n) is 3.22. The van der Waals surface area contributed by atoms with Gasteiger partial charge >= 0.3 is 6.03 Å². The Morgan fingerprint density at radius 1 is 1.18 bits per heavy atom. The number of nitrogens with zero attached hydrogens (tertiary/aromatic N) is 3. The van der Waals surface area contributed by atoms with Gasteiger partial charge in [0, 0.05) is 33.8 Å². The van der Waals surface area contributed by atoms with E-state index in [1.54, 1.807) is 29.2 Å². The van der Waals surface area contributed by atoms with E-state index in [4.69, 9.17) is 16.1 Å². The van der Waals surface area contributed by atoms with Crippen LogP contribution in [-0.2, 0) is 0 Å². The Hall–Kier alpha value is -2.38. The molecule has 0 spiro atoms. The summed E-state index contributed by atoms with van der Waals surface area (Å²) in [4.78, 5) is 18.9. The highest BCUT2D eigenvalue weighted by molar-refractivity contribution is 9.10. The van der Waals surface area contributed by atoms with Crippen LogP contribution in [0.25, 0.3) is 11.4 Å². The van der Waals surface area contributed by atoms with Gasteiger partial charge < -0.3 is 14.7 Å². The zero-order chi connectivity index (χ0) is 19.5. The molecule has 2 heterocycles. The van der Waals surface area contributed by atoms with Crippen LogP contribution in [0.1, 0.15) is 24.7 Å². The van der Waals surface area contributed by atoms with E-state index in [1.165, 1.54) is 0 Å². The SMILES string of the molecule is O=C(Nc1ccc(Cl)cc1)N1CCCC(c2nc(-c3ccc(Br)cc3)no2)C1. The number of carbonyl (C=O) groups is 1. The first kappa shape index (κ1) is 19.0. The van der Waals surface area contributed by atoms with E-state index in [1.807, 2.05) is 24.3 Å². The number of hydrogen-bond donors (Lipinski definition) is 1. The van der Waals surface area contributed by atoms with E-state index >= 15 is 0 Å². The number of nitrogens with one attached hydrogen (secondary N) is 1. The third kappa shape index (κ3) is 4.36. The number of benzene rings is 2. The highest BCUT2D eigenvalue weighted by Gasteiger charge is 2.28. The molecule has 2 amide bonds. The van der Waals surface area contributed by atoms with Crippen molar-refractivity contribution in [3.63, 3.8) is 0 Å². The zero-order valence-corrected chi connectivity index (χ0v) is 17.3. The molecule has 3 aromatic rings. The molecule has 1 aromatic heterocycles. The summed E-state index contributed by atoms with van der Waals surface area (Å²) in [6.07, 6.45) is 1.79. The summed E-state index contributed by atoms with van der Waals surface area (Å²) in [5.74, 6) is 1.16. The van der Waals surface area contributed by atoms with Crippen molar-refractivity contribution in [2.75, 3.05) is 18.4 Å². The first-order valence-electron chi connectivity index (χ1n) is 8.99. The number of anilines is 1. The van der Waals surface area contributed by atoms with Gasteiger partial charge in [-0.15, -0.1) is 0 Å². The molecule has 6 nitrogen and oxygen atoms in total. The molecule has 1 N–H and O–H groups in total. The second kappa shape index (κ2) is 8.32. The lowest BCUT2D eigenvalue weighted by atomic mass is 9.98. The van der Waals surface area contributed by atoms with Gasteiger partial charge in [0.2, 0.25) is 11.7 Å². The smallest absolute Gasteiger partial charge is 0.321 e. The van der Waals surface area contributed by atoms with E-state index in [2.05, 4.69) is 31.4 Å². The van der Waals surface area contributed by atoms with Crippen LogP contribution in [0.3, 0.4) is 0 Å². The van der Waals surface area contributed by atoms with Crippen LogP contribution in [0, 0.1) is 0 Å². The van der Waals surface area contributed by atoms with Gasteiger partial charge in [-0.25, -0.2) is 4.79 Å². The number of aromatic nitrogens is 2. The van der Waals surface area contributed by atoms with Crippen molar-refractivity contribution < 1.29 is 9.32 Å².